The van der Waals surface area contributed by atoms with Gasteiger partial charge in [-0.3, -0.25) is 4.79 Å². The lowest BCUT2D eigenvalue weighted by Gasteiger charge is -2.16. The molecule has 2 rings (SSSR count). The molecule has 1 fully saturated rings. The highest BCUT2D eigenvalue weighted by molar-refractivity contribution is 5.95. The van der Waals surface area contributed by atoms with Crippen molar-refractivity contribution in [2.24, 2.45) is 5.73 Å². The zero-order valence-electron chi connectivity index (χ0n) is 10.0. The minimum Gasteiger partial charge on any atom is -0.474 e. The zero-order valence-corrected chi connectivity index (χ0v) is 10.0. The molecule has 0 aliphatic heterocycles. The summed E-state index contributed by atoms with van der Waals surface area (Å²) in [6.45, 7) is 0. The highest BCUT2D eigenvalue weighted by atomic mass is 19.4. The molecule has 7 heteroatoms. The molecule has 1 saturated carbocycles. The molecule has 1 aromatic rings. The minimum absolute atomic E-state index is 0.125. The molecule has 0 unspecified atom stereocenters. The van der Waals surface area contributed by atoms with Gasteiger partial charge in [-0.05, 0) is 37.8 Å². The van der Waals surface area contributed by atoms with Gasteiger partial charge in [0.25, 0.3) is 5.91 Å². The van der Waals surface area contributed by atoms with Crippen molar-refractivity contribution in [3.63, 3.8) is 0 Å². The molecule has 0 bridgehead atoms. The average Bonchev–Trinajstić information content (AvgIpc) is 2.80. The van der Waals surface area contributed by atoms with Crippen molar-refractivity contribution >= 4 is 5.91 Å². The first-order valence-electron chi connectivity index (χ1n) is 5.92. The van der Waals surface area contributed by atoms with E-state index < -0.39 is 17.8 Å². The molecular formula is C12H13F3N2O2. The third-order valence-corrected chi connectivity index (χ3v) is 3.00. The van der Waals surface area contributed by atoms with Gasteiger partial charge >= 0.3 is 6.18 Å². The van der Waals surface area contributed by atoms with Crippen LogP contribution in [0.25, 0.3) is 0 Å². The lowest BCUT2D eigenvalue weighted by molar-refractivity contribution is -0.141. The van der Waals surface area contributed by atoms with Gasteiger partial charge in [-0.15, -0.1) is 0 Å². The van der Waals surface area contributed by atoms with Crippen LogP contribution in [0.5, 0.6) is 5.88 Å². The number of alkyl halides is 3. The number of hydrogen-bond donors (Lipinski definition) is 1. The van der Waals surface area contributed by atoms with Crippen molar-refractivity contribution in [1.82, 2.24) is 4.98 Å². The Morgan fingerprint density at radius 1 is 1.32 bits per heavy atom. The predicted molar refractivity (Wildman–Crippen MR) is 60.6 cm³/mol. The summed E-state index contributed by atoms with van der Waals surface area (Å²) in [5.74, 6) is -1.18. The van der Waals surface area contributed by atoms with Gasteiger partial charge in [0.1, 0.15) is 17.4 Å². The van der Waals surface area contributed by atoms with E-state index in [0.29, 0.717) is 0 Å². The maximum absolute atomic E-state index is 12.6. The van der Waals surface area contributed by atoms with Crippen LogP contribution in [0.1, 0.15) is 41.7 Å². The summed E-state index contributed by atoms with van der Waals surface area (Å²) in [7, 11) is 0. The van der Waals surface area contributed by atoms with Crippen LogP contribution in [-0.2, 0) is 6.18 Å². The Bertz CT molecular complexity index is 482. The van der Waals surface area contributed by atoms with Crippen LogP contribution >= 0.6 is 0 Å². The fraction of sp³-hybridized carbons (Fsp3) is 0.500. The largest absolute Gasteiger partial charge is 0.474 e. The number of primary amides is 1. The SMILES string of the molecule is NC(=O)c1ccc(C(F)(F)F)nc1OC1CCCC1. The van der Waals surface area contributed by atoms with E-state index in [-0.39, 0.29) is 17.5 Å². The van der Waals surface area contributed by atoms with E-state index in [1.807, 2.05) is 0 Å². The normalized spacial score (nSPS) is 16.6. The number of carbonyl (C=O) groups excluding carboxylic acids is 1. The van der Waals surface area contributed by atoms with Crippen molar-refractivity contribution in [1.29, 1.82) is 0 Å². The molecule has 1 aliphatic rings. The number of aromatic nitrogens is 1. The van der Waals surface area contributed by atoms with E-state index in [2.05, 4.69) is 4.98 Å². The van der Waals surface area contributed by atoms with E-state index in [4.69, 9.17) is 10.5 Å². The summed E-state index contributed by atoms with van der Waals surface area (Å²) in [6, 6.07) is 1.73. The topological polar surface area (TPSA) is 65.2 Å². The highest BCUT2D eigenvalue weighted by Crippen LogP contribution is 2.31. The average molecular weight is 274 g/mol. The van der Waals surface area contributed by atoms with Crippen molar-refractivity contribution < 1.29 is 22.7 Å². The van der Waals surface area contributed by atoms with Crippen molar-refractivity contribution in [2.75, 3.05) is 0 Å². The quantitative estimate of drug-likeness (QED) is 0.921. The predicted octanol–water partition coefficient (Wildman–Crippen LogP) is 2.52. The van der Waals surface area contributed by atoms with Crippen LogP contribution in [0, 0.1) is 0 Å². The second kappa shape index (κ2) is 5.07. The highest BCUT2D eigenvalue weighted by Gasteiger charge is 2.34. The summed E-state index contributed by atoms with van der Waals surface area (Å²) < 4.78 is 43.1. The van der Waals surface area contributed by atoms with Gasteiger partial charge in [0.2, 0.25) is 5.88 Å². The van der Waals surface area contributed by atoms with Crippen molar-refractivity contribution in [3.05, 3.63) is 23.4 Å². The molecule has 0 saturated heterocycles. The van der Waals surface area contributed by atoms with Gasteiger partial charge in [0.05, 0.1) is 0 Å². The summed E-state index contributed by atoms with van der Waals surface area (Å²) in [6.07, 6.45) is -1.38. The van der Waals surface area contributed by atoms with E-state index in [1.165, 1.54) is 0 Å². The monoisotopic (exact) mass is 274 g/mol. The summed E-state index contributed by atoms with van der Waals surface area (Å²) in [5, 5.41) is 0. The molecule has 2 N–H and O–H groups in total. The van der Waals surface area contributed by atoms with Crippen LogP contribution in [0.3, 0.4) is 0 Å². The van der Waals surface area contributed by atoms with Crippen molar-refractivity contribution in [2.45, 2.75) is 38.0 Å². The second-order valence-corrected chi connectivity index (χ2v) is 4.44. The lowest BCUT2D eigenvalue weighted by atomic mass is 10.2. The number of carbonyl (C=O) groups is 1. The molecule has 0 radical (unpaired) electrons. The number of nitrogens with zero attached hydrogens (tertiary/aromatic N) is 1. The molecule has 1 heterocycles. The molecular weight excluding hydrogens is 261 g/mol. The number of ether oxygens (including phenoxy) is 1. The van der Waals surface area contributed by atoms with E-state index >= 15 is 0 Å². The van der Waals surface area contributed by atoms with E-state index in [9.17, 15) is 18.0 Å². The van der Waals surface area contributed by atoms with Crippen LogP contribution in [0.2, 0.25) is 0 Å². The molecule has 0 atom stereocenters. The molecule has 1 amide bonds. The maximum Gasteiger partial charge on any atom is 0.433 e. The number of pyridine rings is 1. The maximum atomic E-state index is 12.6. The number of nitrogens with two attached hydrogens (primary N) is 1. The van der Waals surface area contributed by atoms with Crippen LogP contribution < -0.4 is 10.5 Å². The molecule has 4 nitrogen and oxygen atoms in total. The minimum atomic E-state index is -4.58. The first-order chi connectivity index (χ1) is 8.88. The lowest BCUT2D eigenvalue weighted by Crippen LogP contribution is -2.20. The Kier molecular flexibility index (Phi) is 3.64. The third-order valence-electron chi connectivity index (χ3n) is 3.00. The fourth-order valence-corrected chi connectivity index (χ4v) is 2.04. The standard InChI is InChI=1S/C12H13F3N2O2/c13-12(14,15)9-6-5-8(10(16)18)11(17-9)19-7-3-1-2-4-7/h5-7H,1-4H2,(H2,16,18). The zero-order chi connectivity index (χ0) is 14.0. The molecule has 1 aliphatic carbocycles. The second-order valence-electron chi connectivity index (χ2n) is 4.44. The molecule has 1 aromatic heterocycles. The first-order valence-corrected chi connectivity index (χ1v) is 5.92. The molecule has 0 aromatic carbocycles. The van der Waals surface area contributed by atoms with Crippen molar-refractivity contribution in [3.8, 4) is 5.88 Å². The number of hydrogen-bond acceptors (Lipinski definition) is 3. The Hall–Kier alpha value is -1.79. The van der Waals surface area contributed by atoms with Crippen LogP contribution in [-0.4, -0.2) is 17.0 Å². The molecule has 104 valence electrons. The molecule has 19 heavy (non-hydrogen) atoms. The van der Waals surface area contributed by atoms with Crippen LogP contribution in [0.15, 0.2) is 12.1 Å². The third kappa shape index (κ3) is 3.15. The van der Waals surface area contributed by atoms with E-state index in [0.717, 1.165) is 37.8 Å². The van der Waals surface area contributed by atoms with Gasteiger partial charge in [-0.2, -0.15) is 13.2 Å². The summed E-state index contributed by atoms with van der Waals surface area (Å²) >= 11 is 0. The van der Waals surface area contributed by atoms with Gasteiger partial charge in [-0.25, -0.2) is 4.98 Å². The van der Waals surface area contributed by atoms with Gasteiger partial charge in [0.15, 0.2) is 0 Å². The Labute approximate surface area is 107 Å². The van der Waals surface area contributed by atoms with Gasteiger partial charge in [-0.1, -0.05) is 0 Å². The smallest absolute Gasteiger partial charge is 0.433 e. The number of rotatable bonds is 3. The Morgan fingerprint density at radius 2 is 1.95 bits per heavy atom. The van der Waals surface area contributed by atoms with Crippen LogP contribution in [0.4, 0.5) is 13.2 Å². The fourth-order valence-electron chi connectivity index (χ4n) is 2.04. The summed E-state index contributed by atoms with van der Waals surface area (Å²) in [4.78, 5) is 14.6. The van der Waals surface area contributed by atoms with Gasteiger partial charge in [0, 0.05) is 0 Å². The number of amides is 1. The Morgan fingerprint density at radius 3 is 2.47 bits per heavy atom. The molecule has 0 spiro atoms. The van der Waals surface area contributed by atoms with E-state index in [1.54, 1.807) is 0 Å². The first kappa shape index (κ1) is 13.6. The number of halogens is 3. The Balaban J connectivity index is 2.32. The summed E-state index contributed by atoms with van der Waals surface area (Å²) in [5.41, 5.74) is 3.89. The van der Waals surface area contributed by atoms with Gasteiger partial charge < -0.3 is 10.5 Å².